The first kappa shape index (κ1) is 13.8. The van der Waals surface area contributed by atoms with E-state index >= 15 is 0 Å². The number of phosphoric ester groups is 1. The summed E-state index contributed by atoms with van der Waals surface area (Å²) in [7, 11) is -4.52. The zero-order valence-electron chi connectivity index (χ0n) is 9.80. The number of phosphoric acid groups is 1. The van der Waals surface area contributed by atoms with Gasteiger partial charge in [0.15, 0.2) is 0 Å². The second-order valence-corrected chi connectivity index (χ2v) is 4.62. The minimum Gasteiger partial charge on any atom is -0.350 e. The third-order valence-electron chi connectivity index (χ3n) is 2.36. The lowest BCUT2D eigenvalue weighted by Gasteiger charge is -2.07. The van der Waals surface area contributed by atoms with Crippen molar-refractivity contribution in [1.82, 2.24) is 0 Å². The van der Waals surface area contributed by atoms with Crippen molar-refractivity contribution in [3.63, 3.8) is 0 Å². The third-order valence-corrected chi connectivity index (χ3v) is 2.69. The van der Waals surface area contributed by atoms with E-state index in [1.807, 2.05) is 25.1 Å². The Bertz CT molecular complexity index is 493. The number of aryl methyl sites for hydroxylation is 1. The summed E-state index contributed by atoms with van der Waals surface area (Å²) in [6, 6.07) is 5.71. The highest BCUT2D eigenvalue weighted by Crippen LogP contribution is 2.34. The molecule has 0 saturated heterocycles. The lowest BCUT2D eigenvalue weighted by molar-refractivity contribution is 0.269. The molecule has 1 rings (SSSR count). The molecule has 0 aliphatic heterocycles. The van der Waals surface area contributed by atoms with Crippen molar-refractivity contribution in [3.05, 3.63) is 34.9 Å². The Morgan fingerprint density at radius 2 is 2.00 bits per heavy atom. The first-order valence-corrected chi connectivity index (χ1v) is 6.86. The lowest BCUT2D eigenvalue weighted by atomic mass is 9.98. The average Bonchev–Trinajstić information content (AvgIpc) is 2.27. The van der Waals surface area contributed by atoms with Crippen LogP contribution in [0.1, 0.15) is 30.5 Å². The zero-order chi connectivity index (χ0) is 12.9. The Labute approximate surface area is 101 Å². The summed E-state index contributed by atoms with van der Waals surface area (Å²) < 4.78 is 14.6. The van der Waals surface area contributed by atoms with Gasteiger partial charge in [0.2, 0.25) is 0 Å². The number of hydrogen-bond donors (Lipinski definition) is 2. The number of benzene rings is 1. The van der Waals surface area contributed by atoms with Gasteiger partial charge in [0, 0.05) is 5.56 Å². The molecular weight excluding hydrogens is 239 g/mol. The largest absolute Gasteiger partial charge is 0.533 e. The van der Waals surface area contributed by atoms with Gasteiger partial charge in [-0.05, 0) is 36.0 Å². The molecule has 5 heteroatoms. The van der Waals surface area contributed by atoms with Crippen molar-refractivity contribution in [1.29, 1.82) is 0 Å². The van der Waals surface area contributed by atoms with Crippen molar-refractivity contribution in [2.75, 3.05) is 0 Å². The summed E-state index contributed by atoms with van der Waals surface area (Å²) in [6.07, 6.45) is 3.78. The van der Waals surface area contributed by atoms with Gasteiger partial charge in [0.05, 0.1) is 0 Å². The molecule has 0 fully saturated rings. The molecule has 4 nitrogen and oxygen atoms in total. The van der Waals surface area contributed by atoms with E-state index in [0.717, 1.165) is 24.0 Å². The molecule has 92 valence electrons. The molecule has 17 heavy (non-hydrogen) atoms. The minimum absolute atomic E-state index is 0.750. The van der Waals surface area contributed by atoms with Crippen LogP contribution in [0.3, 0.4) is 0 Å². The fourth-order valence-electron chi connectivity index (χ4n) is 1.64. The van der Waals surface area contributed by atoms with E-state index < -0.39 is 7.82 Å². The summed E-state index contributed by atoms with van der Waals surface area (Å²) >= 11 is 0. The lowest BCUT2D eigenvalue weighted by Crippen LogP contribution is -1.95. The van der Waals surface area contributed by atoms with Gasteiger partial charge >= 0.3 is 7.82 Å². The molecule has 0 atom stereocenters. The van der Waals surface area contributed by atoms with Crippen LogP contribution in [-0.4, -0.2) is 9.79 Å². The first-order chi connectivity index (χ1) is 7.98. The van der Waals surface area contributed by atoms with Crippen LogP contribution in [0.5, 0.6) is 0 Å². The maximum absolute atomic E-state index is 10.5. The molecule has 0 saturated carbocycles. The van der Waals surface area contributed by atoms with E-state index in [2.05, 4.69) is 23.5 Å². The second-order valence-electron chi connectivity index (χ2n) is 3.46. The van der Waals surface area contributed by atoms with Gasteiger partial charge in [-0.15, -0.1) is 0 Å². The number of hydrogen-bond acceptors (Lipinski definition) is 2. The standard InChI is InChI=1S/C12H15O4P/c1-3-10-6-5-7-11(12(10)4-2)8-9-16-17(13,14)15/h5-7H,3-4H2,1-2H3,(H2,13,14,15). The SMILES string of the molecule is CCc1cccc(C#COP(=O)(O)O)c1CC. The van der Waals surface area contributed by atoms with Gasteiger partial charge in [0.25, 0.3) is 0 Å². The fraction of sp³-hybridized carbons (Fsp3) is 0.333. The van der Waals surface area contributed by atoms with E-state index in [9.17, 15) is 4.57 Å². The Kier molecular flexibility index (Phi) is 4.77. The maximum atomic E-state index is 10.5. The molecule has 0 spiro atoms. The van der Waals surface area contributed by atoms with E-state index in [-0.39, 0.29) is 0 Å². The predicted octanol–water partition coefficient (Wildman–Crippen LogP) is 2.23. The van der Waals surface area contributed by atoms with Gasteiger partial charge in [-0.3, -0.25) is 9.79 Å². The van der Waals surface area contributed by atoms with Crippen LogP contribution in [0.15, 0.2) is 18.2 Å². The molecule has 0 aliphatic carbocycles. The normalized spacial score (nSPS) is 10.6. The van der Waals surface area contributed by atoms with Crippen LogP contribution >= 0.6 is 7.82 Å². The first-order valence-electron chi connectivity index (χ1n) is 5.33. The molecule has 0 unspecified atom stereocenters. The Morgan fingerprint density at radius 1 is 1.29 bits per heavy atom. The van der Waals surface area contributed by atoms with Crippen molar-refractivity contribution >= 4 is 7.82 Å². The van der Waals surface area contributed by atoms with E-state index in [1.165, 1.54) is 5.56 Å². The van der Waals surface area contributed by atoms with Gasteiger partial charge < -0.3 is 4.52 Å². The summed E-state index contributed by atoms with van der Waals surface area (Å²) in [5.74, 6) is 2.63. The molecule has 2 N–H and O–H groups in total. The van der Waals surface area contributed by atoms with Gasteiger partial charge in [-0.25, -0.2) is 4.57 Å². The molecule has 0 heterocycles. The van der Waals surface area contributed by atoms with Crippen LogP contribution in [0.4, 0.5) is 0 Å². The average molecular weight is 254 g/mol. The van der Waals surface area contributed by atoms with E-state index in [1.54, 1.807) is 0 Å². The summed E-state index contributed by atoms with van der Waals surface area (Å²) in [5, 5.41) is 0. The molecule has 0 aromatic heterocycles. The summed E-state index contributed by atoms with van der Waals surface area (Å²) in [6.45, 7) is 4.07. The van der Waals surface area contributed by atoms with E-state index in [0.29, 0.717) is 0 Å². The highest BCUT2D eigenvalue weighted by molar-refractivity contribution is 7.46. The van der Waals surface area contributed by atoms with Crippen LogP contribution in [0.25, 0.3) is 0 Å². The van der Waals surface area contributed by atoms with Crippen LogP contribution in [0.2, 0.25) is 0 Å². The van der Waals surface area contributed by atoms with Crippen LogP contribution < -0.4 is 0 Å². The molecule has 0 bridgehead atoms. The second kappa shape index (κ2) is 5.88. The Morgan fingerprint density at radius 3 is 2.53 bits per heavy atom. The molecule has 1 aromatic rings. The highest BCUT2D eigenvalue weighted by Gasteiger charge is 2.12. The Balaban J connectivity index is 3.02. The van der Waals surface area contributed by atoms with Crippen molar-refractivity contribution in [2.24, 2.45) is 0 Å². The smallest absolute Gasteiger partial charge is 0.350 e. The van der Waals surface area contributed by atoms with Gasteiger partial charge in [0.1, 0.15) is 6.11 Å². The molecular formula is C12H15O4P. The monoisotopic (exact) mass is 254 g/mol. The topological polar surface area (TPSA) is 66.8 Å². The van der Waals surface area contributed by atoms with Crippen LogP contribution in [-0.2, 0) is 21.9 Å². The fourth-order valence-corrected chi connectivity index (χ4v) is 1.80. The third kappa shape index (κ3) is 4.24. The maximum Gasteiger partial charge on any atom is 0.533 e. The zero-order valence-corrected chi connectivity index (χ0v) is 10.7. The Hall–Kier alpha value is -1.27. The summed E-state index contributed by atoms with van der Waals surface area (Å²) in [4.78, 5) is 17.0. The predicted molar refractivity (Wildman–Crippen MR) is 65.2 cm³/mol. The van der Waals surface area contributed by atoms with Crippen molar-refractivity contribution in [3.8, 4) is 12.0 Å². The quantitative estimate of drug-likeness (QED) is 0.641. The highest BCUT2D eigenvalue weighted by atomic mass is 31.2. The summed E-state index contributed by atoms with van der Waals surface area (Å²) in [5.41, 5.74) is 3.03. The van der Waals surface area contributed by atoms with Gasteiger partial charge in [-0.2, -0.15) is 0 Å². The minimum atomic E-state index is -4.52. The van der Waals surface area contributed by atoms with Crippen LogP contribution in [0, 0.1) is 12.0 Å². The molecule has 0 radical (unpaired) electrons. The molecule has 0 amide bonds. The molecule has 1 aromatic carbocycles. The van der Waals surface area contributed by atoms with Gasteiger partial charge in [-0.1, -0.05) is 26.0 Å². The van der Waals surface area contributed by atoms with E-state index in [4.69, 9.17) is 9.79 Å². The van der Waals surface area contributed by atoms with Crippen molar-refractivity contribution in [2.45, 2.75) is 26.7 Å². The van der Waals surface area contributed by atoms with Crippen molar-refractivity contribution < 1.29 is 18.9 Å². The number of rotatable bonds is 3. The molecule has 0 aliphatic rings.